The van der Waals surface area contributed by atoms with Crippen molar-refractivity contribution in [3.05, 3.63) is 52.5 Å². The van der Waals surface area contributed by atoms with Gasteiger partial charge in [0.25, 0.3) is 0 Å². The number of hydrogen-bond donors (Lipinski definition) is 2. The highest BCUT2D eigenvalue weighted by Crippen LogP contribution is 2.27. The molecule has 0 aromatic heterocycles. The molecular weight excluding hydrogens is 388 g/mol. The number of methoxy groups -OCH3 is 2. The van der Waals surface area contributed by atoms with Crippen molar-refractivity contribution in [2.75, 3.05) is 26.1 Å². The van der Waals surface area contributed by atoms with Gasteiger partial charge in [0.2, 0.25) is 0 Å². The fourth-order valence-electron chi connectivity index (χ4n) is 2.16. The van der Waals surface area contributed by atoms with Crippen LogP contribution < -0.4 is 20.1 Å². The van der Waals surface area contributed by atoms with Crippen LogP contribution in [0.5, 0.6) is 11.5 Å². The molecule has 6 nitrogen and oxygen atoms in total. The molecule has 0 bridgehead atoms. The third kappa shape index (κ3) is 5.49. The highest BCUT2D eigenvalue weighted by molar-refractivity contribution is 9.10. The molecule has 2 amide bonds. The Labute approximate surface area is 154 Å². The Bertz CT molecular complexity index is 747. The molecular formula is C18H19BrN2O4. The third-order valence-corrected chi connectivity index (χ3v) is 3.98. The molecule has 25 heavy (non-hydrogen) atoms. The third-order valence-electron chi connectivity index (χ3n) is 3.46. The van der Waals surface area contributed by atoms with Crippen LogP contribution >= 0.6 is 15.9 Å². The maximum atomic E-state index is 11.9. The Kier molecular flexibility index (Phi) is 6.82. The molecule has 0 aliphatic rings. The minimum Gasteiger partial charge on any atom is -0.493 e. The molecule has 0 unspecified atom stereocenters. The van der Waals surface area contributed by atoms with Crippen LogP contribution in [-0.4, -0.2) is 32.6 Å². The van der Waals surface area contributed by atoms with E-state index in [0.29, 0.717) is 30.2 Å². The zero-order valence-electron chi connectivity index (χ0n) is 14.0. The SMILES string of the molecule is COc1ccc(CCNC(=O)C(=O)Nc2ccc(Br)cc2)cc1OC. The maximum absolute atomic E-state index is 11.9. The maximum Gasteiger partial charge on any atom is 0.313 e. The molecule has 2 aromatic carbocycles. The zero-order valence-corrected chi connectivity index (χ0v) is 15.6. The molecule has 0 radical (unpaired) electrons. The van der Waals surface area contributed by atoms with E-state index in [0.717, 1.165) is 10.0 Å². The first-order chi connectivity index (χ1) is 12.0. The number of carbonyl (C=O) groups excluding carboxylic acids is 2. The Morgan fingerprint density at radius 1 is 0.960 bits per heavy atom. The molecule has 2 aromatic rings. The van der Waals surface area contributed by atoms with Gasteiger partial charge in [-0.25, -0.2) is 0 Å². The predicted octanol–water partition coefficient (Wildman–Crippen LogP) is 2.76. The van der Waals surface area contributed by atoms with E-state index in [1.807, 2.05) is 12.1 Å². The van der Waals surface area contributed by atoms with Gasteiger partial charge in [0.1, 0.15) is 0 Å². The van der Waals surface area contributed by atoms with Gasteiger partial charge in [0.05, 0.1) is 14.2 Å². The van der Waals surface area contributed by atoms with Crippen molar-refractivity contribution in [1.82, 2.24) is 5.32 Å². The van der Waals surface area contributed by atoms with Gasteiger partial charge in [-0.05, 0) is 48.4 Å². The Balaban J connectivity index is 1.83. The van der Waals surface area contributed by atoms with Crippen molar-refractivity contribution < 1.29 is 19.1 Å². The normalized spacial score (nSPS) is 10.0. The molecule has 7 heteroatoms. The van der Waals surface area contributed by atoms with Gasteiger partial charge in [0.15, 0.2) is 11.5 Å². The van der Waals surface area contributed by atoms with E-state index < -0.39 is 11.8 Å². The fraction of sp³-hybridized carbons (Fsp3) is 0.222. The van der Waals surface area contributed by atoms with Gasteiger partial charge in [0, 0.05) is 16.7 Å². The van der Waals surface area contributed by atoms with Crippen molar-refractivity contribution in [3.8, 4) is 11.5 Å². The van der Waals surface area contributed by atoms with Crippen LogP contribution in [0.15, 0.2) is 46.9 Å². The average molecular weight is 407 g/mol. The second-order valence-corrected chi connectivity index (χ2v) is 6.07. The first-order valence-corrected chi connectivity index (χ1v) is 8.38. The molecule has 132 valence electrons. The number of anilines is 1. The summed E-state index contributed by atoms with van der Waals surface area (Å²) >= 11 is 3.31. The van der Waals surface area contributed by atoms with Crippen LogP contribution in [0, 0.1) is 0 Å². The van der Waals surface area contributed by atoms with Crippen molar-refractivity contribution in [3.63, 3.8) is 0 Å². The molecule has 2 N–H and O–H groups in total. The number of rotatable bonds is 6. The highest BCUT2D eigenvalue weighted by Gasteiger charge is 2.13. The van der Waals surface area contributed by atoms with E-state index in [9.17, 15) is 9.59 Å². The summed E-state index contributed by atoms with van der Waals surface area (Å²) in [5.41, 5.74) is 1.52. The Hall–Kier alpha value is -2.54. The van der Waals surface area contributed by atoms with Gasteiger partial charge in [-0.3, -0.25) is 9.59 Å². The summed E-state index contributed by atoms with van der Waals surface area (Å²) in [6, 6.07) is 12.5. The van der Waals surface area contributed by atoms with Crippen molar-refractivity contribution in [1.29, 1.82) is 0 Å². The summed E-state index contributed by atoms with van der Waals surface area (Å²) < 4.78 is 11.3. The van der Waals surface area contributed by atoms with Gasteiger partial charge in [-0.1, -0.05) is 22.0 Å². The van der Waals surface area contributed by atoms with E-state index in [1.54, 1.807) is 44.6 Å². The first-order valence-electron chi connectivity index (χ1n) is 7.59. The molecule has 0 atom stereocenters. The molecule has 0 heterocycles. The number of halogens is 1. The van der Waals surface area contributed by atoms with Crippen molar-refractivity contribution in [2.24, 2.45) is 0 Å². The minimum atomic E-state index is -0.699. The second-order valence-electron chi connectivity index (χ2n) is 5.16. The molecule has 0 saturated heterocycles. The lowest BCUT2D eigenvalue weighted by molar-refractivity contribution is -0.136. The van der Waals surface area contributed by atoms with E-state index in [2.05, 4.69) is 26.6 Å². The predicted molar refractivity (Wildman–Crippen MR) is 99.0 cm³/mol. The number of amides is 2. The van der Waals surface area contributed by atoms with Crippen molar-refractivity contribution >= 4 is 33.4 Å². The summed E-state index contributed by atoms with van der Waals surface area (Å²) in [5, 5.41) is 5.14. The van der Waals surface area contributed by atoms with Crippen LogP contribution in [0.4, 0.5) is 5.69 Å². The molecule has 0 fully saturated rings. The average Bonchev–Trinajstić information content (AvgIpc) is 2.63. The van der Waals surface area contributed by atoms with Gasteiger partial charge in [-0.15, -0.1) is 0 Å². The number of carbonyl (C=O) groups is 2. The van der Waals surface area contributed by atoms with E-state index in [1.165, 1.54) is 0 Å². The van der Waals surface area contributed by atoms with Crippen LogP contribution in [0.25, 0.3) is 0 Å². The number of benzene rings is 2. The molecule has 0 saturated carbocycles. The number of ether oxygens (including phenoxy) is 2. The second kappa shape index (κ2) is 9.08. The van der Waals surface area contributed by atoms with Crippen LogP contribution in [0.1, 0.15) is 5.56 Å². The Morgan fingerprint density at radius 3 is 2.28 bits per heavy atom. The minimum absolute atomic E-state index is 0.335. The molecule has 0 aliphatic carbocycles. The quantitative estimate of drug-likeness (QED) is 0.723. The summed E-state index contributed by atoms with van der Waals surface area (Å²) in [7, 11) is 3.14. The van der Waals surface area contributed by atoms with E-state index in [-0.39, 0.29) is 0 Å². The summed E-state index contributed by atoms with van der Waals surface area (Å²) in [6.45, 7) is 0.335. The van der Waals surface area contributed by atoms with Crippen LogP contribution in [-0.2, 0) is 16.0 Å². The van der Waals surface area contributed by atoms with Crippen LogP contribution in [0.2, 0.25) is 0 Å². The Morgan fingerprint density at radius 2 is 1.64 bits per heavy atom. The van der Waals surface area contributed by atoms with Gasteiger partial charge >= 0.3 is 11.8 Å². The number of nitrogens with one attached hydrogen (secondary N) is 2. The zero-order chi connectivity index (χ0) is 18.2. The molecule has 0 spiro atoms. The van der Waals surface area contributed by atoms with Gasteiger partial charge in [-0.2, -0.15) is 0 Å². The summed E-state index contributed by atoms with van der Waals surface area (Å²) in [4.78, 5) is 23.7. The lowest BCUT2D eigenvalue weighted by Crippen LogP contribution is -2.36. The smallest absolute Gasteiger partial charge is 0.313 e. The standard InChI is InChI=1S/C18H19BrN2O4/c1-24-15-8-3-12(11-16(15)25-2)9-10-20-17(22)18(23)21-14-6-4-13(19)5-7-14/h3-8,11H,9-10H2,1-2H3,(H,20,22)(H,21,23). The molecule has 0 aliphatic heterocycles. The number of hydrogen-bond acceptors (Lipinski definition) is 4. The lowest BCUT2D eigenvalue weighted by atomic mass is 10.1. The summed E-state index contributed by atoms with van der Waals surface area (Å²) in [6.07, 6.45) is 0.567. The molecule has 2 rings (SSSR count). The monoisotopic (exact) mass is 406 g/mol. The van der Waals surface area contributed by atoms with Crippen molar-refractivity contribution in [2.45, 2.75) is 6.42 Å². The van der Waals surface area contributed by atoms with Crippen LogP contribution in [0.3, 0.4) is 0 Å². The van der Waals surface area contributed by atoms with E-state index >= 15 is 0 Å². The highest BCUT2D eigenvalue weighted by atomic mass is 79.9. The summed E-state index contributed by atoms with van der Waals surface area (Å²) in [5.74, 6) is -0.110. The fourth-order valence-corrected chi connectivity index (χ4v) is 2.42. The van der Waals surface area contributed by atoms with E-state index in [4.69, 9.17) is 9.47 Å². The largest absolute Gasteiger partial charge is 0.493 e. The first kappa shape index (κ1) is 18.8. The van der Waals surface area contributed by atoms with Gasteiger partial charge < -0.3 is 20.1 Å². The lowest BCUT2D eigenvalue weighted by Gasteiger charge is -2.10. The topological polar surface area (TPSA) is 76.7 Å².